The quantitative estimate of drug-likeness (QED) is 0.167. The molecule has 0 aliphatic heterocycles. The fourth-order valence-corrected chi connectivity index (χ4v) is 2.24. The van der Waals surface area contributed by atoms with Crippen molar-refractivity contribution >= 4 is 11.9 Å². The second-order valence-electron chi connectivity index (χ2n) is 7.70. The van der Waals surface area contributed by atoms with Crippen LogP contribution >= 0.6 is 0 Å². The van der Waals surface area contributed by atoms with Gasteiger partial charge in [-0.05, 0) is 0 Å². The number of esters is 2. The largest absolute Gasteiger partial charge is 0.465 e. The Kier molecular flexibility index (Phi) is 10.6. The van der Waals surface area contributed by atoms with E-state index in [4.69, 9.17) is 0 Å². The standard InChI is InChI=1S/C17H14F18O4/c1-7(9(37)39-5-3-11(20,21)13(24,25)15(28,29)17(33,34)35)6-8(36)38-4-2-10(18,19)12(22,23)14(26,27)16(30,31)32/h7H,2-6H2,1H3. The first-order valence-electron chi connectivity index (χ1n) is 9.63. The summed E-state index contributed by atoms with van der Waals surface area (Å²) < 4.78 is 236. The molecule has 0 aromatic rings. The molecule has 0 saturated carbocycles. The molecule has 0 heterocycles. The van der Waals surface area contributed by atoms with Gasteiger partial charge in [0, 0.05) is 0 Å². The van der Waals surface area contributed by atoms with Crippen LogP contribution in [0.5, 0.6) is 0 Å². The molecule has 0 fully saturated rings. The van der Waals surface area contributed by atoms with E-state index in [1.807, 2.05) is 0 Å². The van der Waals surface area contributed by atoms with Crippen LogP contribution in [0, 0.1) is 5.92 Å². The van der Waals surface area contributed by atoms with Gasteiger partial charge < -0.3 is 9.47 Å². The van der Waals surface area contributed by atoms with Crippen molar-refractivity contribution in [2.24, 2.45) is 5.92 Å². The molecule has 4 nitrogen and oxygen atoms in total. The smallest absolute Gasteiger partial charge is 0.460 e. The summed E-state index contributed by atoms with van der Waals surface area (Å²) in [5, 5.41) is 0. The van der Waals surface area contributed by atoms with E-state index >= 15 is 0 Å². The normalized spacial score (nSPS) is 15.7. The Hall–Kier alpha value is -2.32. The Balaban J connectivity index is 4.95. The average molecular weight is 624 g/mol. The van der Waals surface area contributed by atoms with Gasteiger partial charge in [0.25, 0.3) is 0 Å². The molecule has 0 aliphatic rings. The zero-order chi connectivity index (χ0) is 31.7. The van der Waals surface area contributed by atoms with Crippen LogP contribution < -0.4 is 0 Å². The van der Waals surface area contributed by atoms with Gasteiger partial charge in [-0.15, -0.1) is 0 Å². The molecule has 0 spiro atoms. The van der Waals surface area contributed by atoms with Crippen molar-refractivity contribution in [2.45, 2.75) is 74.1 Å². The maximum Gasteiger partial charge on any atom is 0.460 e. The minimum Gasteiger partial charge on any atom is -0.465 e. The Morgan fingerprint density at radius 1 is 0.538 bits per heavy atom. The fourth-order valence-electron chi connectivity index (χ4n) is 2.24. The van der Waals surface area contributed by atoms with Crippen LogP contribution in [0.2, 0.25) is 0 Å². The minimum absolute atomic E-state index is 0.654. The average Bonchev–Trinajstić information content (AvgIpc) is 2.70. The highest BCUT2D eigenvalue weighted by atomic mass is 19.4. The van der Waals surface area contributed by atoms with Crippen molar-refractivity contribution in [2.75, 3.05) is 13.2 Å². The molecule has 232 valence electrons. The van der Waals surface area contributed by atoms with Gasteiger partial charge in [0.2, 0.25) is 0 Å². The van der Waals surface area contributed by atoms with Gasteiger partial charge in [-0.3, -0.25) is 9.59 Å². The SMILES string of the molecule is CC(CC(=O)OCCC(F)(F)C(F)(F)C(F)(F)C(F)(F)F)C(=O)OCCC(F)(F)C(F)(F)C(F)(F)C(F)(F)F. The van der Waals surface area contributed by atoms with Crippen molar-refractivity contribution in [3.8, 4) is 0 Å². The van der Waals surface area contributed by atoms with Gasteiger partial charge in [-0.1, -0.05) is 6.92 Å². The molecule has 22 heteroatoms. The number of rotatable bonds is 13. The predicted molar refractivity (Wildman–Crippen MR) is 86.7 cm³/mol. The highest BCUT2D eigenvalue weighted by Gasteiger charge is 2.82. The summed E-state index contributed by atoms with van der Waals surface area (Å²) in [5.74, 6) is -46.2. The van der Waals surface area contributed by atoms with Crippen LogP contribution in [0.4, 0.5) is 79.0 Å². The van der Waals surface area contributed by atoms with Crippen molar-refractivity contribution in [1.29, 1.82) is 0 Å². The summed E-state index contributed by atoms with van der Waals surface area (Å²) in [4.78, 5) is 23.0. The van der Waals surface area contributed by atoms with E-state index in [0.29, 0.717) is 6.92 Å². The molecule has 1 unspecified atom stereocenters. The van der Waals surface area contributed by atoms with Gasteiger partial charge in [0.1, 0.15) is 0 Å². The van der Waals surface area contributed by atoms with E-state index in [-0.39, 0.29) is 0 Å². The number of hydrogen-bond acceptors (Lipinski definition) is 4. The Labute approximate surface area is 204 Å². The lowest BCUT2D eigenvalue weighted by atomic mass is 10.0. The number of carbonyl (C=O) groups excluding carboxylic acids is 2. The Bertz CT molecular complexity index is 861. The Morgan fingerprint density at radius 2 is 0.846 bits per heavy atom. The summed E-state index contributed by atoms with van der Waals surface area (Å²) in [6.45, 7) is -3.20. The fraction of sp³-hybridized carbons (Fsp3) is 0.882. The first kappa shape index (κ1) is 36.7. The van der Waals surface area contributed by atoms with Crippen molar-refractivity contribution in [3.63, 3.8) is 0 Å². The van der Waals surface area contributed by atoms with E-state index < -0.39 is 98.2 Å². The molecule has 0 N–H and O–H groups in total. The van der Waals surface area contributed by atoms with Gasteiger partial charge in [-0.2, -0.15) is 79.0 Å². The van der Waals surface area contributed by atoms with Gasteiger partial charge in [0.15, 0.2) is 0 Å². The number of hydrogen-bond donors (Lipinski definition) is 0. The van der Waals surface area contributed by atoms with Crippen LogP contribution in [0.1, 0.15) is 26.2 Å². The Morgan fingerprint density at radius 3 is 1.15 bits per heavy atom. The zero-order valence-electron chi connectivity index (χ0n) is 18.5. The third-order valence-electron chi connectivity index (χ3n) is 4.63. The van der Waals surface area contributed by atoms with E-state index in [0.717, 1.165) is 0 Å². The molecule has 0 amide bonds. The van der Waals surface area contributed by atoms with Gasteiger partial charge in [0.05, 0.1) is 38.4 Å². The number of alkyl halides is 18. The third kappa shape index (κ3) is 7.46. The van der Waals surface area contributed by atoms with Crippen LogP contribution in [0.3, 0.4) is 0 Å². The molecular weight excluding hydrogens is 610 g/mol. The number of halogens is 18. The first-order chi connectivity index (χ1) is 16.9. The lowest BCUT2D eigenvalue weighted by Crippen LogP contribution is -2.61. The summed E-state index contributed by atoms with van der Waals surface area (Å²) in [6, 6.07) is 0. The number of carbonyl (C=O) groups is 2. The van der Waals surface area contributed by atoms with Crippen LogP contribution in [-0.2, 0) is 19.1 Å². The highest BCUT2D eigenvalue weighted by molar-refractivity contribution is 5.79. The maximum absolute atomic E-state index is 13.3. The van der Waals surface area contributed by atoms with E-state index in [9.17, 15) is 88.6 Å². The van der Waals surface area contributed by atoms with E-state index in [1.54, 1.807) is 0 Å². The monoisotopic (exact) mass is 624 g/mol. The summed E-state index contributed by atoms with van der Waals surface area (Å²) in [6.07, 6.45) is -20.7. The molecular formula is C17H14F18O4. The minimum atomic E-state index is -7.21. The highest BCUT2D eigenvalue weighted by Crippen LogP contribution is 2.55. The lowest BCUT2D eigenvalue weighted by molar-refractivity contribution is -0.397. The maximum atomic E-state index is 13.3. The zero-order valence-corrected chi connectivity index (χ0v) is 18.5. The van der Waals surface area contributed by atoms with Crippen molar-refractivity contribution in [3.05, 3.63) is 0 Å². The molecule has 0 radical (unpaired) electrons. The molecule has 1 atom stereocenters. The van der Waals surface area contributed by atoms with Crippen LogP contribution in [-0.4, -0.2) is 73.0 Å². The van der Waals surface area contributed by atoms with Crippen LogP contribution in [0.15, 0.2) is 0 Å². The summed E-state index contributed by atoms with van der Waals surface area (Å²) in [5.41, 5.74) is 0. The van der Waals surface area contributed by atoms with E-state index in [1.165, 1.54) is 0 Å². The molecule has 0 aromatic carbocycles. The second-order valence-corrected chi connectivity index (χ2v) is 7.70. The predicted octanol–water partition coefficient (Wildman–Crippen LogP) is 6.82. The molecule has 0 aliphatic carbocycles. The molecule has 0 aromatic heterocycles. The second kappa shape index (κ2) is 11.3. The lowest BCUT2D eigenvalue weighted by Gasteiger charge is -2.33. The summed E-state index contributed by atoms with van der Waals surface area (Å²) >= 11 is 0. The van der Waals surface area contributed by atoms with Crippen molar-refractivity contribution < 1.29 is 98.1 Å². The molecule has 0 saturated heterocycles. The first-order valence-corrected chi connectivity index (χ1v) is 9.63. The molecule has 39 heavy (non-hydrogen) atoms. The van der Waals surface area contributed by atoms with Gasteiger partial charge >= 0.3 is 59.8 Å². The third-order valence-corrected chi connectivity index (χ3v) is 4.63. The molecule has 0 bridgehead atoms. The number of ether oxygens (including phenoxy) is 2. The van der Waals surface area contributed by atoms with E-state index in [2.05, 4.69) is 9.47 Å². The van der Waals surface area contributed by atoms with Crippen molar-refractivity contribution in [1.82, 2.24) is 0 Å². The topological polar surface area (TPSA) is 52.6 Å². The summed E-state index contributed by atoms with van der Waals surface area (Å²) in [7, 11) is 0. The molecule has 0 rings (SSSR count). The van der Waals surface area contributed by atoms with Crippen LogP contribution in [0.25, 0.3) is 0 Å². The van der Waals surface area contributed by atoms with Gasteiger partial charge in [-0.25, -0.2) is 0 Å².